The summed E-state index contributed by atoms with van der Waals surface area (Å²) in [6, 6.07) is 8.94. The van der Waals surface area contributed by atoms with E-state index < -0.39 is 10.0 Å². The average molecular weight is 391 g/mol. The molecule has 9 heteroatoms. The molecule has 0 bridgehead atoms. The molecule has 0 atom stereocenters. The van der Waals surface area contributed by atoms with Crippen LogP contribution in [0.4, 0.5) is 0 Å². The number of aryl methyl sites for hydroxylation is 1. The Balaban J connectivity index is 1.42. The molecule has 1 fully saturated rings. The van der Waals surface area contributed by atoms with Crippen LogP contribution < -0.4 is 15.4 Å². The zero-order valence-electron chi connectivity index (χ0n) is 15.4. The molecule has 0 saturated heterocycles. The van der Waals surface area contributed by atoms with Gasteiger partial charge in [0.05, 0.1) is 4.90 Å². The number of nitrogens with zero attached hydrogens (tertiary/aromatic N) is 3. The highest BCUT2D eigenvalue weighted by molar-refractivity contribution is 7.89. The summed E-state index contributed by atoms with van der Waals surface area (Å²) >= 11 is 0. The molecule has 0 amide bonds. The first-order valence-electron chi connectivity index (χ1n) is 9.10. The first-order chi connectivity index (χ1) is 13.1. The summed E-state index contributed by atoms with van der Waals surface area (Å²) in [4.78, 5) is 4.51. The molecule has 1 aliphatic carbocycles. The molecule has 2 aromatic rings. The summed E-state index contributed by atoms with van der Waals surface area (Å²) in [5.74, 6) is 0.711. The number of rotatable bonds is 9. The maximum Gasteiger partial charge on any atom is 0.240 e. The Bertz CT molecular complexity index is 842. The van der Waals surface area contributed by atoms with E-state index in [9.17, 15) is 8.42 Å². The Morgan fingerprint density at radius 2 is 2.04 bits per heavy atom. The van der Waals surface area contributed by atoms with Gasteiger partial charge in [0.1, 0.15) is 0 Å². The smallest absolute Gasteiger partial charge is 0.240 e. The topological polar surface area (TPSA) is 100 Å². The summed E-state index contributed by atoms with van der Waals surface area (Å²) < 4.78 is 28.9. The Hall–Kier alpha value is -2.39. The summed E-state index contributed by atoms with van der Waals surface area (Å²) in [6.45, 7) is 2.20. The quantitative estimate of drug-likeness (QED) is 0.338. The number of guanidine groups is 1. The molecular weight excluding hydrogens is 364 g/mol. The van der Waals surface area contributed by atoms with Crippen LogP contribution in [0.3, 0.4) is 0 Å². The van der Waals surface area contributed by atoms with Crippen LogP contribution >= 0.6 is 0 Å². The summed E-state index contributed by atoms with van der Waals surface area (Å²) in [6.07, 6.45) is 6.50. The maximum atomic E-state index is 12.2. The molecule has 0 unspecified atom stereocenters. The van der Waals surface area contributed by atoms with Gasteiger partial charge in [0.2, 0.25) is 10.0 Å². The van der Waals surface area contributed by atoms with Crippen molar-refractivity contribution in [3.05, 3.63) is 48.3 Å². The molecular formula is C18H26N6O2S. The molecule has 0 spiro atoms. The van der Waals surface area contributed by atoms with Crippen LogP contribution in [0.25, 0.3) is 0 Å². The van der Waals surface area contributed by atoms with E-state index in [1.165, 1.54) is 0 Å². The van der Waals surface area contributed by atoms with E-state index >= 15 is 0 Å². The third kappa shape index (κ3) is 6.07. The van der Waals surface area contributed by atoms with E-state index in [1.54, 1.807) is 25.4 Å². The van der Waals surface area contributed by atoms with E-state index in [1.807, 2.05) is 29.1 Å². The summed E-state index contributed by atoms with van der Waals surface area (Å²) in [5.41, 5.74) is 0.986. The van der Waals surface area contributed by atoms with Crippen LogP contribution in [-0.2, 0) is 23.1 Å². The highest BCUT2D eigenvalue weighted by atomic mass is 32.2. The number of nitrogens with one attached hydrogen (secondary N) is 3. The first kappa shape index (κ1) is 19.4. The lowest BCUT2D eigenvalue weighted by molar-refractivity contribution is 0.570. The predicted molar refractivity (Wildman–Crippen MR) is 105 cm³/mol. The second kappa shape index (κ2) is 9.01. The Labute approximate surface area is 160 Å². The monoisotopic (exact) mass is 390 g/mol. The van der Waals surface area contributed by atoms with Crippen molar-refractivity contribution in [1.82, 2.24) is 25.1 Å². The molecule has 0 radical (unpaired) electrons. The van der Waals surface area contributed by atoms with Gasteiger partial charge >= 0.3 is 0 Å². The van der Waals surface area contributed by atoms with Gasteiger partial charge in [-0.2, -0.15) is 5.10 Å². The molecule has 146 valence electrons. The molecule has 1 saturated carbocycles. The molecule has 0 aliphatic heterocycles. The molecule has 1 heterocycles. The van der Waals surface area contributed by atoms with Crippen molar-refractivity contribution in [3.8, 4) is 0 Å². The normalized spacial score (nSPS) is 14.9. The van der Waals surface area contributed by atoms with Crippen molar-refractivity contribution < 1.29 is 8.42 Å². The number of sulfonamides is 1. The molecule has 27 heavy (non-hydrogen) atoms. The van der Waals surface area contributed by atoms with Crippen molar-refractivity contribution in [1.29, 1.82) is 0 Å². The minimum absolute atomic E-state index is 0.110. The minimum atomic E-state index is -3.40. The first-order valence-corrected chi connectivity index (χ1v) is 10.6. The standard InChI is InChI=1S/C18H26N6O2S/c1-19-18(20-10-2-12-24-13-3-11-22-24)21-14-15-4-8-17(9-5-15)27(25,26)23-16-6-7-16/h3-5,8-9,11,13,16,23H,2,6-7,10,12,14H2,1H3,(H2,19,20,21). The molecule has 1 aliphatic rings. The van der Waals surface area contributed by atoms with Crippen LogP contribution in [0.1, 0.15) is 24.8 Å². The third-order valence-electron chi connectivity index (χ3n) is 4.23. The van der Waals surface area contributed by atoms with E-state index in [-0.39, 0.29) is 6.04 Å². The predicted octanol–water partition coefficient (Wildman–Crippen LogP) is 1.08. The highest BCUT2D eigenvalue weighted by Crippen LogP contribution is 2.22. The van der Waals surface area contributed by atoms with E-state index in [0.29, 0.717) is 17.4 Å². The van der Waals surface area contributed by atoms with Gasteiger partial charge in [0, 0.05) is 45.1 Å². The van der Waals surface area contributed by atoms with Crippen molar-refractivity contribution in [2.45, 2.75) is 43.3 Å². The van der Waals surface area contributed by atoms with Crippen LogP contribution in [0, 0.1) is 0 Å². The van der Waals surface area contributed by atoms with E-state index in [4.69, 9.17) is 0 Å². The number of aromatic nitrogens is 2. The van der Waals surface area contributed by atoms with Crippen LogP contribution in [0.2, 0.25) is 0 Å². The van der Waals surface area contributed by atoms with Crippen molar-refractivity contribution in [2.75, 3.05) is 13.6 Å². The van der Waals surface area contributed by atoms with Gasteiger partial charge in [-0.05, 0) is 43.0 Å². The summed E-state index contributed by atoms with van der Waals surface area (Å²) in [7, 11) is -1.67. The lowest BCUT2D eigenvalue weighted by Crippen LogP contribution is -2.37. The van der Waals surface area contributed by atoms with Crippen LogP contribution in [0.5, 0.6) is 0 Å². The second-order valence-corrected chi connectivity index (χ2v) is 8.23. The van der Waals surface area contributed by atoms with Gasteiger partial charge in [-0.25, -0.2) is 13.1 Å². The fraction of sp³-hybridized carbons (Fsp3) is 0.444. The lowest BCUT2D eigenvalue weighted by Gasteiger charge is -2.12. The van der Waals surface area contributed by atoms with Crippen LogP contribution in [-0.4, -0.2) is 43.8 Å². The van der Waals surface area contributed by atoms with Gasteiger partial charge in [-0.1, -0.05) is 12.1 Å². The number of aliphatic imine (C=N–C) groups is 1. The SMILES string of the molecule is CN=C(NCCCn1cccn1)NCc1ccc(S(=O)(=O)NC2CC2)cc1. The largest absolute Gasteiger partial charge is 0.356 e. The average Bonchev–Trinajstić information content (AvgIpc) is 3.31. The Morgan fingerprint density at radius 3 is 2.67 bits per heavy atom. The molecule has 3 N–H and O–H groups in total. The zero-order chi connectivity index (χ0) is 19.1. The van der Waals surface area contributed by atoms with E-state index in [0.717, 1.165) is 37.9 Å². The second-order valence-electron chi connectivity index (χ2n) is 6.51. The van der Waals surface area contributed by atoms with Crippen molar-refractivity contribution >= 4 is 16.0 Å². The maximum absolute atomic E-state index is 12.2. The molecule has 8 nitrogen and oxygen atoms in total. The van der Waals surface area contributed by atoms with Gasteiger partial charge < -0.3 is 10.6 Å². The van der Waals surface area contributed by atoms with E-state index in [2.05, 4.69) is 25.4 Å². The number of hydrogen-bond acceptors (Lipinski definition) is 4. The third-order valence-corrected chi connectivity index (χ3v) is 5.77. The zero-order valence-corrected chi connectivity index (χ0v) is 16.2. The highest BCUT2D eigenvalue weighted by Gasteiger charge is 2.27. The van der Waals surface area contributed by atoms with Crippen LogP contribution in [0.15, 0.2) is 52.6 Å². The lowest BCUT2D eigenvalue weighted by atomic mass is 10.2. The van der Waals surface area contributed by atoms with Gasteiger partial charge in [0.15, 0.2) is 5.96 Å². The Kier molecular flexibility index (Phi) is 6.46. The molecule has 1 aromatic carbocycles. The summed E-state index contributed by atoms with van der Waals surface area (Å²) in [5, 5.41) is 10.7. The van der Waals surface area contributed by atoms with Gasteiger partial charge in [-0.15, -0.1) is 0 Å². The van der Waals surface area contributed by atoms with Gasteiger partial charge in [-0.3, -0.25) is 9.67 Å². The number of benzene rings is 1. The minimum Gasteiger partial charge on any atom is -0.356 e. The molecule has 3 rings (SSSR count). The van der Waals surface area contributed by atoms with Gasteiger partial charge in [0.25, 0.3) is 0 Å². The fourth-order valence-electron chi connectivity index (χ4n) is 2.56. The fourth-order valence-corrected chi connectivity index (χ4v) is 3.87. The number of hydrogen-bond donors (Lipinski definition) is 3. The molecule has 1 aromatic heterocycles. The van der Waals surface area contributed by atoms with Crippen molar-refractivity contribution in [2.24, 2.45) is 4.99 Å². The Morgan fingerprint density at radius 1 is 1.26 bits per heavy atom. The van der Waals surface area contributed by atoms with Crippen molar-refractivity contribution in [3.63, 3.8) is 0 Å².